The number of benzene rings is 1. The van der Waals surface area contributed by atoms with Crippen LogP contribution >= 0.6 is 0 Å². The van der Waals surface area contributed by atoms with Gasteiger partial charge >= 0.3 is 18.0 Å². The molecule has 0 unspecified atom stereocenters. The number of hydrogen-bond acceptors (Lipinski definition) is 5. The van der Waals surface area contributed by atoms with Crippen molar-refractivity contribution in [1.29, 1.82) is 0 Å². The number of carbonyl (C=O) groups excluding carboxylic acids is 3. The Kier molecular flexibility index (Phi) is 5.23. The predicted molar refractivity (Wildman–Crippen MR) is 86.1 cm³/mol. The van der Waals surface area contributed by atoms with Crippen molar-refractivity contribution in [3.63, 3.8) is 0 Å². The van der Waals surface area contributed by atoms with E-state index in [0.717, 1.165) is 0 Å². The number of esters is 2. The van der Waals surface area contributed by atoms with Crippen LogP contribution in [0.5, 0.6) is 0 Å². The van der Waals surface area contributed by atoms with E-state index in [0.29, 0.717) is 22.4 Å². The van der Waals surface area contributed by atoms with E-state index in [-0.39, 0.29) is 6.10 Å². The van der Waals surface area contributed by atoms with Crippen molar-refractivity contribution < 1.29 is 23.9 Å². The standard InChI is InChI=1S/C17H20N2O5/c1-9(2)24-16(21)13-10(3)18-17(22)19-14(13)11-5-7-12(8-6-11)15(20)23-4/h5-9,14H,1-4H3,(H2,18,19,22)/t14-/m0/s1. The second-order valence-corrected chi connectivity index (χ2v) is 5.64. The first kappa shape index (κ1) is 17.5. The zero-order valence-corrected chi connectivity index (χ0v) is 14.0. The molecule has 1 aromatic rings. The van der Waals surface area contributed by atoms with Gasteiger partial charge < -0.3 is 20.1 Å². The smallest absolute Gasteiger partial charge is 0.338 e. The van der Waals surface area contributed by atoms with Gasteiger partial charge in [-0.2, -0.15) is 0 Å². The van der Waals surface area contributed by atoms with Crippen molar-refractivity contribution in [2.75, 3.05) is 7.11 Å². The Hall–Kier alpha value is -2.83. The summed E-state index contributed by atoms with van der Waals surface area (Å²) in [6.45, 7) is 5.15. The number of amides is 2. The van der Waals surface area contributed by atoms with E-state index in [4.69, 9.17) is 4.74 Å². The highest BCUT2D eigenvalue weighted by Gasteiger charge is 2.32. The van der Waals surface area contributed by atoms with Crippen LogP contribution in [-0.2, 0) is 14.3 Å². The highest BCUT2D eigenvalue weighted by molar-refractivity contribution is 5.95. The zero-order valence-electron chi connectivity index (χ0n) is 14.0. The van der Waals surface area contributed by atoms with Crippen molar-refractivity contribution in [2.45, 2.75) is 32.9 Å². The Morgan fingerprint density at radius 3 is 2.29 bits per heavy atom. The lowest BCUT2D eigenvalue weighted by Crippen LogP contribution is -2.45. The fraction of sp³-hybridized carbons (Fsp3) is 0.353. The summed E-state index contributed by atoms with van der Waals surface area (Å²) >= 11 is 0. The van der Waals surface area contributed by atoms with Crippen molar-refractivity contribution >= 4 is 18.0 Å². The molecule has 0 saturated carbocycles. The average molecular weight is 332 g/mol. The van der Waals surface area contributed by atoms with Crippen molar-refractivity contribution in [1.82, 2.24) is 10.6 Å². The summed E-state index contributed by atoms with van der Waals surface area (Å²) in [5.74, 6) is -0.959. The molecule has 24 heavy (non-hydrogen) atoms. The molecule has 1 aliphatic rings. The molecule has 7 heteroatoms. The number of methoxy groups -OCH3 is 1. The van der Waals surface area contributed by atoms with E-state index in [1.807, 2.05) is 0 Å². The van der Waals surface area contributed by atoms with E-state index < -0.39 is 24.0 Å². The summed E-state index contributed by atoms with van der Waals surface area (Å²) in [5, 5.41) is 5.28. The van der Waals surface area contributed by atoms with Gasteiger partial charge in [0.1, 0.15) is 0 Å². The third-order valence-electron chi connectivity index (χ3n) is 3.50. The molecule has 0 radical (unpaired) electrons. The first-order valence-corrected chi connectivity index (χ1v) is 7.51. The Balaban J connectivity index is 2.37. The quantitative estimate of drug-likeness (QED) is 0.823. The van der Waals surface area contributed by atoms with E-state index in [1.54, 1.807) is 45.0 Å². The second-order valence-electron chi connectivity index (χ2n) is 5.64. The van der Waals surface area contributed by atoms with E-state index >= 15 is 0 Å². The third-order valence-corrected chi connectivity index (χ3v) is 3.50. The third kappa shape index (κ3) is 3.73. The molecule has 0 saturated heterocycles. The van der Waals surface area contributed by atoms with Crippen LogP contribution in [-0.4, -0.2) is 31.2 Å². The lowest BCUT2D eigenvalue weighted by molar-refractivity contribution is -0.143. The van der Waals surface area contributed by atoms with Gasteiger partial charge in [-0.3, -0.25) is 0 Å². The lowest BCUT2D eigenvalue weighted by atomic mass is 9.95. The summed E-state index contributed by atoms with van der Waals surface area (Å²) in [7, 11) is 1.30. The molecule has 7 nitrogen and oxygen atoms in total. The molecule has 0 spiro atoms. The van der Waals surface area contributed by atoms with Gasteiger partial charge in [0, 0.05) is 5.70 Å². The topological polar surface area (TPSA) is 93.7 Å². The number of rotatable bonds is 4. The molecule has 0 aromatic heterocycles. The SMILES string of the molecule is COC(=O)c1ccc([C@@H]2NC(=O)NC(C)=C2C(=O)OC(C)C)cc1. The van der Waals surface area contributed by atoms with Gasteiger partial charge in [-0.05, 0) is 38.5 Å². The van der Waals surface area contributed by atoms with E-state index in [2.05, 4.69) is 15.4 Å². The lowest BCUT2D eigenvalue weighted by Gasteiger charge is -2.28. The van der Waals surface area contributed by atoms with Gasteiger partial charge in [0.25, 0.3) is 0 Å². The highest BCUT2D eigenvalue weighted by atomic mass is 16.5. The fourth-order valence-electron chi connectivity index (χ4n) is 2.42. The maximum Gasteiger partial charge on any atom is 0.338 e. The van der Waals surface area contributed by atoms with Crippen molar-refractivity contribution in [3.05, 3.63) is 46.7 Å². The Labute approximate surface area is 140 Å². The molecule has 128 valence electrons. The summed E-state index contributed by atoms with van der Waals surface area (Å²) in [4.78, 5) is 35.7. The van der Waals surface area contributed by atoms with Crippen LogP contribution in [0.1, 0.15) is 42.7 Å². The summed E-state index contributed by atoms with van der Waals surface area (Å²) < 4.78 is 9.92. The van der Waals surface area contributed by atoms with Crippen LogP contribution in [0.2, 0.25) is 0 Å². The van der Waals surface area contributed by atoms with Gasteiger partial charge in [-0.25, -0.2) is 14.4 Å². The number of hydrogen-bond donors (Lipinski definition) is 2. The molecule has 0 aliphatic carbocycles. The molecule has 2 amide bonds. The summed E-state index contributed by atoms with van der Waals surface area (Å²) in [5.41, 5.74) is 1.81. The average Bonchev–Trinajstić information content (AvgIpc) is 2.52. The predicted octanol–water partition coefficient (Wildman–Crippen LogP) is 2.05. The monoisotopic (exact) mass is 332 g/mol. The number of allylic oxidation sites excluding steroid dienone is 1. The largest absolute Gasteiger partial charge is 0.465 e. The van der Waals surface area contributed by atoms with Crippen LogP contribution in [0.4, 0.5) is 4.79 Å². The fourth-order valence-corrected chi connectivity index (χ4v) is 2.42. The molecule has 0 fully saturated rings. The van der Waals surface area contributed by atoms with Gasteiger partial charge in [-0.15, -0.1) is 0 Å². The van der Waals surface area contributed by atoms with Gasteiger partial charge in [0.05, 0.1) is 30.4 Å². The molecular weight excluding hydrogens is 312 g/mol. The van der Waals surface area contributed by atoms with Gasteiger partial charge in [-0.1, -0.05) is 12.1 Å². The maximum absolute atomic E-state index is 12.4. The highest BCUT2D eigenvalue weighted by Crippen LogP contribution is 2.28. The summed E-state index contributed by atoms with van der Waals surface area (Å²) in [6, 6.07) is 5.43. The molecule has 1 aliphatic heterocycles. The first-order chi connectivity index (χ1) is 11.3. The first-order valence-electron chi connectivity index (χ1n) is 7.51. The van der Waals surface area contributed by atoms with Crippen molar-refractivity contribution in [2.24, 2.45) is 0 Å². The minimum absolute atomic E-state index is 0.280. The molecule has 1 heterocycles. The molecule has 2 N–H and O–H groups in total. The zero-order chi connectivity index (χ0) is 17.9. The van der Waals surface area contributed by atoms with Gasteiger partial charge in [0.2, 0.25) is 0 Å². The molecule has 0 bridgehead atoms. The molecule has 2 rings (SSSR count). The van der Waals surface area contributed by atoms with Crippen molar-refractivity contribution in [3.8, 4) is 0 Å². The van der Waals surface area contributed by atoms with E-state index in [9.17, 15) is 14.4 Å². The minimum atomic E-state index is -0.656. The second kappa shape index (κ2) is 7.16. The van der Waals surface area contributed by atoms with E-state index in [1.165, 1.54) is 7.11 Å². The van der Waals surface area contributed by atoms with Crippen LogP contribution < -0.4 is 10.6 Å². The maximum atomic E-state index is 12.4. The normalized spacial score (nSPS) is 17.2. The summed E-state index contributed by atoms with van der Waals surface area (Å²) in [6.07, 6.45) is -0.280. The number of ether oxygens (including phenoxy) is 2. The number of urea groups is 1. The molecule has 1 aromatic carbocycles. The Morgan fingerprint density at radius 2 is 1.75 bits per heavy atom. The Bertz CT molecular complexity index is 691. The minimum Gasteiger partial charge on any atom is -0.465 e. The van der Waals surface area contributed by atoms with Gasteiger partial charge in [0.15, 0.2) is 0 Å². The molecule has 1 atom stereocenters. The van der Waals surface area contributed by atoms with Crippen LogP contribution in [0.15, 0.2) is 35.5 Å². The van der Waals surface area contributed by atoms with Crippen LogP contribution in [0.25, 0.3) is 0 Å². The van der Waals surface area contributed by atoms with Crippen LogP contribution in [0.3, 0.4) is 0 Å². The molecular formula is C17H20N2O5. The number of nitrogens with one attached hydrogen (secondary N) is 2. The van der Waals surface area contributed by atoms with Crippen LogP contribution in [0, 0.1) is 0 Å². The Morgan fingerprint density at radius 1 is 1.12 bits per heavy atom. The number of carbonyl (C=O) groups is 3.